The van der Waals surface area contributed by atoms with Gasteiger partial charge >= 0.3 is 12.0 Å². The summed E-state index contributed by atoms with van der Waals surface area (Å²) in [6.45, 7) is 1.78. The highest BCUT2D eigenvalue weighted by Crippen LogP contribution is 2.15. The van der Waals surface area contributed by atoms with E-state index < -0.39 is 17.9 Å². The van der Waals surface area contributed by atoms with Gasteiger partial charge in [0.1, 0.15) is 0 Å². The predicted octanol–water partition coefficient (Wildman–Crippen LogP) is 2.48. The van der Waals surface area contributed by atoms with Crippen LogP contribution >= 0.6 is 11.6 Å². The van der Waals surface area contributed by atoms with Crippen molar-refractivity contribution in [2.45, 2.75) is 32.2 Å². The zero-order valence-electron chi connectivity index (χ0n) is 11.6. The molecule has 114 valence electrons. The van der Waals surface area contributed by atoms with Gasteiger partial charge in [-0.05, 0) is 31.0 Å². The van der Waals surface area contributed by atoms with Gasteiger partial charge in [0.25, 0.3) is 0 Å². The van der Waals surface area contributed by atoms with Gasteiger partial charge in [-0.25, -0.2) is 4.79 Å². The van der Waals surface area contributed by atoms with Crippen LogP contribution in [0.2, 0.25) is 5.02 Å². The summed E-state index contributed by atoms with van der Waals surface area (Å²) in [5, 5.41) is 13.8. The molecule has 1 aromatic rings. The number of hydrogen-bond acceptors (Lipinski definition) is 3. The molecule has 0 radical (unpaired) electrons. The highest BCUT2D eigenvalue weighted by Gasteiger charge is 2.12. The zero-order chi connectivity index (χ0) is 15.8. The minimum Gasteiger partial charge on any atom is -0.481 e. The first kappa shape index (κ1) is 17.0. The number of carboxylic acid groups (broad SMARTS) is 1. The molecular formula is C14H17ClN2O4. The molecule has 21 heavy (non-hydrogen) atoms. The number of hydrogen-bond donors (Lipinski definition) is 3. The van der Waals surface area contributed by atoms with E-state index in [0.717, 1.165) is 5.56 Å². The van der Waals surface area contributed by atoms with Crippen LogP contribution in [-0.4, -0.2) is 23.0 Å². The van der Waals surface area contributed by atoms with E-state index in [0.29, 0.717) is 5.02 Å². The van der Waals surface area contributed by atoms with Crippen LogP contribution in [0.1, 0.15) is 37.8 Å². The van der Waals surface area contributed by atoms with Gasteiger partial charge in [-0.1, -0.05) is 23.7 Å². The van der Waals surface area contributed by atoms with Crippen LogP contribution in [-0.2, 0) is 9.59 Å². The number of carbonyl (C=O) groups is 3. The first-order valence-corrected chi connectivity index (χ1v) is 6.84. The fourth-order valence-electron chi connectivity index (χ4n) is 1.66. The van der Waals surface area contributed by atoms with Crippen LogP contribution in [0.15, 0.2) is 24.3 Å². The quantitative estimate of drug-likeness (QED) is 0.752. The molecule has 0 heterocycles. The Hall–Kier alpha value is -2.08. The molecule has 7 heteroatoms. The molecule has 1 unspecified atom stereocenters. The van der Waals surface area contributed by atoms with E-state index in [2.05, 4.69) is 10.6 Å². The van der Waals surface area contributed by atoms with Crippen molar-refractivity contribution in [1.82, 2.24) is 10.6 Å². The van der Waals surface area contributed by atoms with E-state index in [4.69, 9.17) is 16.7 Å². The lowest BCUT2D eigenvalue weighted by atomic mass is 10.1. The van der Waals surface area contributed by atoms with Gasteiger partial charge in [0.05, 0.1) is 6.04 Å². The molecule has 0 aliphatic rings. The Kier molecular flexibility index (Phi) is 6.68. The molecule has 3 amide bonds. The summed E-state index contributed by atoms with van der Waals surface area (Å²) in [5.74, 6) is -1.47. The van der Waals surface area contributed by atoms with Gasteiger partial charge in [0, 0.05) is 17.9 Å². The van der Waals surface area contributed by atoms with Crippen LogP contribution in [0.3, 0.4) is 0 Å². The molecular weight excluding hydrogens is 296 g/mol. The van der Waals surface area contributed by atoms with Crippen molar-refractivity contribution in [3.05, 3.63) is 34.9 Å². The van der Waals surface area contributed by atoms with Crippen molar-refractivity contribution >= 4 is 29.5 Å². The highest BCUT2D eigenvalue weighted by molar-refractivity contribution is 6.30. The van der Waals surface area contributed by atoms with Crippen LogP contribution in [0.5, 0.6) is 0 Å². The first-order valence-electron chi connectivity index (χ1n) is 6.46. The van der Waals surface area contributed by atoms with Gasteiger partial charge in [-0.2, -0.15) is 0 Å². The van der Waals surface area contributed by atoms with E-state index in [1.54, 1.807) is 31.2 Å². The number of imide groups is 1. The second kappa shape index (κ2) is 8.26. The minimum absolute atomic E-state index is 0.00491. The molecule has 0 saturated carbocycles. The minimum atomic E-state index is -0.969. The maximum atomic E-state index is 11.6. The van der Waals surface area contributed by atoms with E-state index in [-0.39, 0.29) is 25.3 Å². The van der Waals surface area contributed by atoms with Crippen LogP contribution < -0.4 is 10.6 Å². The molecule has 0 saturated heterocycles. The largest absolute Gasteiger partial charge is 0.481 e. The Morgan fingerprint density at radius 1 is 1.19 bits per heavy atom. The van der Waals surface area contributed by atoms with Crippen molar-refractivity contribution in [1.29, 1.82) is 0 Å². The second-order valence-corrected chi connectivity index (χ2v) is 4.98. The maximum absolute atomic E-state index is 11.6. The molecule has 6 nitrogen and oxygen atoms in total. The Bertz CT molecular complexity index is 516. The number of nitrogens with one attached hydrogen (secondary N) is 2. The summed E-state index contributed by atoms with van der Waals surface area (Å²) in [7, 11) is 0. The van der Waals surface area contributed by atoms with Gasteiger partial charge in [0.15, 0.2) is 0 Å². The lowest BCUT2D eigenvalue weighted by Crippen LogP contribution is -2.40. The van der Waals surface area contributed by atoms with Crippen LogP contribution in [0, 0.1) is 0 Å². The van der Waals surface area contributed by atoms with Gasteiger partial charge in [-0.3, -0.25) is 14.9 Å². The number of amides is 3. The van der Waals surface area contributed by atoms with E-state index in [1.807, 2.05) is 0 Å². The van der Waals surface area contributed by atoms with Crippen molar-refractivity contribution in [2.24, 2.45) is 0 Å². The van der Waals surface area contributed by atoms with Gasteiger partial charge < -0.3 is 10.4 Å². The SMILES string of the molecule is CC(NC(=O)NC(=O)CCCC(=O)O)c1ccc(Cl)cc1. The molecule has 1 rings (SSSR count). The average Bonchev–Trinajstić information content (AvgIpc) is 2.38. The number of aliphatic carboxylic acids is 1. The second-order valence-electron chi connectivity index (χ2n) is 4.54. The smallest absolute Gasteiger partial charge is 0.321 e. The Balaban J connectivity index is 2.37. The Morgan fingerprint density at radius 3 is 2.38 bits per heavy atom. The summed E-state index contributed by atoms with van der Waals surface area (Å²) < 4.78 is 0. The van der Waals surface area contributed by atoms with Gasteiger partial charge in [-0.15, -0.1) is 0 Å². The highest BCUT2D eigenvalue weighted by atomic mass is 35.5. The normalized spacial score (nSPS) is 11.5. The number of benzene rings is 1. The van der Waals surface area contributed by atoms with Crippen LogP contribution in [0.25, 0.3) is 0 Å². The molecule has 0 aromatic heterocycles. The van der Waals surface area contributed by atoms with E-state index in [9.17, 15) is 14.4 Å². The number of urea groups is 1. The van der Waals surface area contributed by atoms with Crippen molar-refractivity contribution < 1.29 is 19.5 Å². The summed E-state index contributed by atoms with van der Waals surface area (Å²) >= 11 is 5.78. The molecule has 0 fully saturated rings. The molecule has 1 aromatic carbocycles. The lowest BCUT2D eigenvalue weighted by molar-refractivity contribution is -0.137. The third-order valence-corrected chi connectivity index (χ3v) is 3.02. The zero-order valence-corrected chi connectivity index (χ0v) is 12.3. The van der Waals surface area contributed by atoms with Crippen molar-refractivity contribution in [3.63, 3.8) is 0 Å². The monoisotopic (exact) mass is 312 g/mol. The number of carbonyl (C=O) groups excluding carboxylic acids is 2. The molecule has 0 aliphatic carbocycles. The van der Waals surface area contributed by atoms with Crippen molar-refractivity contribution in [3.8, 4) is 0 Å². The van der Waals surface area contributed by atoms with Crippen LogP contribution in [0.4, 0.5) is 4.79 Å². The number of rotatable bonds is 6. The van der Waals surface area contributed by atoms with E-state index in [1.165, 1.54) is 0 Å². The average molecular weight is 313 g/mol. The number of halogens is 1. The fourth-order valence-corrected chi connectivity index (χ4v) is 1.78. The molecule has 0 aliphatic heterocycles. The third-order valence-electron chi connectivity index (χ3n) is 2.77. The lowest BCUT2D eigenvalue weighted by Gasteiger charge is -2.14. The molecule has 0 bridgehead atoms. The number of carboxylic acids is 1. The topological polar surface area (TPSA) is 95.5 Å². The molecule has 1 atom stereocenters. The summed E-state index contributed by atoms with van der Waals surface area (Å²) in [5.41, 5.74) is 0.855. The Morgan fingerprint density at radius 2 is 1.81 bits per heavy atom. The predicted molar refractivity (Wildman–Crippen MR) is 78.0 cm³/mol. The molecule has 0 spiro atoms. The van der Waals surface area contributed by atoms with Gasteiger partial charge in [0.2, 0.25) is 5.91 Å². The van der Waals surface area contributed by atoms with E-state index >= 15 is 0 Å². The summed E-state index contributed by atoms with van der Waals surface area (Å²) in [6, 6.07) is 6.09. The third kappa shape index (κ3) is 6.76. The Labute approximate surface area is 127 Å². The molecule has 3 N–H and O–H groups in total. The summed E-state index contributed by atoms with van der Waals surface area (Å²) in [6.07, 6.45) is 0.0897. The maximum Gasteiger partial charge on any atom is 0.321 e. The van der Waals surface area contributed by atoms with Crippen molar-refractivity contribution in [2.75, 3.05) is 0 Å². The fraction of sp³-hybridized carbons (Fsp3) is 0.357. The summed E-state index contributed by atoms with van der Waals surface area (Å²) in [4.78, 5) is 33.3. The standard InChI is InChI=1S/C14H17ClN2O4/c1-9(10-5-7-11(15)8-6-10)16-14(21)17-12(18)3-2-4-13(19)20/h5-9H,2-4H2,1H3,(H,19,20)(H2,16,17,18,21). The first-order chi connectivity index (χ1) is 9.88.